The van der Waals surface area contributed by atoms with E-state index in [0.717, 1.165) is 19.4 Å². The number of hydrazine groups is 1. The molecule has 5 heteroatoms. The zero-order chi connectivity index (χ0) is 11.4. The van der Waals surface area contributed by atoms with E-state index in [4.69, 9.17) is 10.6 Å². The van der Waals surface area contributed by atoms with Gasteiger partial charge in [0.15, 0.2) is 0 Å². The van der Waals surface area contributed by atoms with Gasteiger partial charge in [-0.3, -0.25) is 11.3 Å². The average molecular weight is 305 g/mol. The Balaban J connectivity index is 1.94. The lowest BCUT2D eigenvalue weighted by Crippen LogP contribution is -2.47. The van der Waals surface area contributed by atoms with Crippen LogP contribution in [-0.2, 0) is 11.2 Å². The topological polar surface area (TPSA) is 47.3 Å². The Morgan fingerprint density at radius 1 is 1.56 bits per heavy atom. The highest BCUT2D eigenvalue weighted by Crippen LogP contribution is 2.25. The molecule has 2 rings (SSSR count). The van der Waals surface area contributed by atoms with Crippen molar-refractivity contribution in [1.82, 2.24) is 5.43 Å². The molecule has 90 valence electrons. The number of nitrogens with two attached hydrogens (primary N) is 1. The van der Waals surface area contributed by atoms with Crippen LogP contribution < -0.4 is 11.3 Å². The molecule has 3 nitrogen and oxygen atoms in total. The molecular formula is C11H17BrN2OS. The molecule has 1 fully saturated rings. The largest absolute Gasteiger partial charge is 0.377 e. The Morgan fingerprint density at radius 2 is 2.44 bits per heavy atom. The van der Waals surface area contributed by atoms with E-state index in [9.17, 15) is 0 Å². The molecule has 0 aromatic carbocycles. The zero-order valence-electron chi connectivity index (χ0n) is 9.12. The molecule has 1 aliphatic rings. The van der Waals surface area contributed by atoms with Crippen LogP contribution in [0.15, 0.2) is 15.9 Å². The molecule has 0 bridgehead atoms. The van der Waals surface area contributed by atoms with Gasteiger partial charge in [-0.25, -0.2) is 0 Å². The highest BCUT2D eigenvalue weighted by Gasteiger charge is 2.24. The van der Waals surface area contributed by atoms with Crippen molar-refractivity contribution in [2.24, 2.45) is 5.84 Å². The van der Waals surface area contributed by atoms with E-state index in [-0.39, 0.29) is 12.1 Å². The van der Waals surface area contributed by atoms with Gasteiger partial charge >= 0.3 is 0 Å². The van der Waals surface area contributed by atoms with Crippen LogP contribution in [0, 0.1) is 0 Å². The first-order valence-electron chi connectivity index (χ1n) is 5.61. The second-order valence-electron chi connectivity index (χ2n) is 4.09. The zero-order valence-corrected chi connectivity index (χ0v) is 11.5. The number of ether oxygens (including phenoxy) is 1. The summed E-state index contributed by atoms with van der Waals surface area (Å²) < 4.78 is 6.93. The molecule has 16 heavy (non-hydrogen) atoms. The quantitative estimate of drug-likeness (QED) is 0.663. The molecule has 1 aliphatic heterocycles. The summed E-state index contributed by atoms with van der Waals surface area (Å²) in [7, 11) is 0. The Bertz CT molecular complexity index is 326. The van der Waals surface area contributed by atoms with Crippen LogP contribution in [0.1, 0.15) is 24.1 Å². The summed E-state index contributed by atoms with van der Waals surface area (Å²) in [5.41, 5.74) is 2.90. The van der Waals surface area contributed by atoms with Gasteiger partial charge in [0.05, 0.1) is 15.9 Å². The molecule has 2 unspecified atom stereocenters. The first-order valence-corrected chi connectivity index (χ1v) is 7.22. The second kappa shape index (κ2) is 6.12. The molecule has 0 amide bonds. The van der Waals surface area contributed by atoms with E-state index in [0.29, 0.717) is 0 Å². The van der Waals surface area contributed by atoms with Crippen molar-refractivity contribution in [2.45, 2.75) is 37.8 Å². The van der Waals surface area contributed by atoms with Crippen LogP contribution in [0.3, 0.4) is 0 Å². The second-order valence-corrected chi connectivity index (χ2v) is 6.64. The third-order valence-electron chi connectivity index (χ3n) is 2.93. The molecule has 3 N–H and O–H groups in total. The molecule has 1 aromatic heterocycles. The summed E-state index contributed by atoms with van der Waals surface area (Å²) >= 11 is 5.24. The standard InChI is InChI=1S/C11H17BrN2OS/c12-11-5-4-8(16-11)7-9(14-13)10-3-1-2-6-15-10/h4-5,9-10,14H,1-3,6-7,13H2. The Kier molecular flexibility index (Phi) is 4.79. The van der Waals surface area contributed by atoms with Gasteiger partial charge in [-0.1, -0.05) is 0 Å². The fourth-order valence-electron chi connectivity index (χ4n) is 2.06. The van der Waals surface area contributed by atoms with Crippen LogP contribution in [0.2, 0.25) is 0 Å². The fourth-order valence-corrected chi connectivity index (χ4v) is 3.60. The van der Waals surface area contributed by atoms with Gasteiger partial charge in [0.25, 0.3) is 0 Å². The molecular weight excluding hydrogens is 288 g/mol. The van der Waals surface area contributed by atoms with E-state index in [1.807, 2.05) is 0 Å². The van der Waals surface area contributed by atoms with Gasteiger partial charge in [0, 0.05) is 17.9 Å². The maximum atomic E-state index is 5.76. The van der Waals surface area contributed by atoms with Crippen molar-refractivity contribution >= 4 is 27.3 Å². The Morgan fingerprint density at radius 3 is 3.00 bits per heavy atom. The molecule has 0 spiro atoms. The highest BCUT2D eigenvalue weighted by molar-refractivity contribution is 9.11. The van der Waals surface area contributed by atoms with Crippen molar-refractivity contribution in [2.75, 3.05) is 6.61 Å². The third kappa shape index (κ3) is 3.28. The van der Waals surface area contributed by atoms with Gasteiger partial charge in [-0.2, -0.15) is 0 Å². The first kappa shape index (κ1) is 12.5. The summed E-state index contributed by atoms with van der Waals surface area (Å²) in [6.07, 6.45) is 4.74. The van der Waals surface area contributed by atoms with Gasteiger partial charge in [0.2, 0.25) is 0 Å². The first-order chi connectivity index (χ1) is 7.79. The van der Waals surface area contributed by atoms with Crippen molar-refractivity contribution in [1.29, 1.82) is 0 Å². The van der Waals surface area contributed by atoms with Gasteiger partial charge in [0.1, 0.15) is 0 Å². The van der Waals surface area contributed by atoms with E-state index in [1.165, 1.54) is 21.5 Å². The van der Waals surface area contributed by atoms with Crippen LogP contribution in [-0.4, -0.2) is 18.8 Å². The lowest BCUT2D eigenvalue weighted by atomic mass is 9.99. The number of nitrogens with one attached hydrogen (secondary N) is 1. The molecule has 1 aromatic rings. The number of hydrogen-bond acceptors (Lipinski definition) is 4. The van der Waals surface area contributed by atoms with Crippen LogP contribution in [0.25, 0.3) is 0 Å². The lowest BCUT2D eigenvalue weighted by molar-refractivity contribution is -0.00728. The van der Waals surface area contributed by atoms with Crippen molar-refractivity contribution < 1.29 is 4.74 Å². The number of hydrogen-bond donors (Lipinski definition) is 2. The van der Waals surface area contributed by atoms with Gasteiger partial charge in [-0.05, 0) is 47.3 Å². The van der Waals surface area contributed by atoms with E-state index >= 15 is 0 Å². The minimum atomic E-state index is 0.228. The van der Waals surface area contributed by atoms with E-state index < -0.39 is 0 Å². The summed E-state index contributed by atoms with van der Waals surface area (Å²) in [5.74, 6) is 5.62. The maximum absolute atomic E-state index is 5.76. The van der Waals surface area contributed by atoms with Crippen LogP contribution >= 0.6 is 27.3 Å². The molecule has 2 atom stereocenters. The summed E-state index contributed by atoms with van der Waals surface area (Å²) in [6, 6.07) is 4.45. The van der Waals surface area contributed by atoms with E-state index in [1.54, 1.807) is 11.3 Å². The van der Waals surface area contributed by atoms with Gasteiger partial charge < -0.3 is 4.74 Å². The van der Waals surface area contributed by atoms with Crippen molar-refractivity contribution in [3.05, 3.63) is 20.8 Å². The lowest BCUT2D eigenvalue weighted by Gasteiger charge is -2.29. The van der Waals surface area contributed by atoms with Crippen molar-refractivity contribution in [3.63, 3.8) is 0 Å². The number of rotatable bonds is 4. The van der Waals surface area contributed by atoms with Crippen LogP contribution in [0.5, 0.6) is 0 Å². The summed E-state index contributed by atoms with van der Waals surface area (Å²) in [5, 5.41) is 0. The van der Waals surface area contributed by atoms with Gasteiger partial charge in [-0.15, -0.1) is 11.3 Å². The average Bonchev–Trinajstić information content (AvgIpc) is 2.73. The van der Waals surface area contributed by atoms with Crippen molar-refractivity contribution in [3.8, 4) is 0 Å². The predicted octanol–water partition coefficient (Wildman–Crippen LogP) is 2.45. The monoisotopic (exact) mass is 304 g/mol. The molecule has 0 saturated carbocycles. The fraction of sp³-hybridized carbons (Fsp3) is 0.636. The maximum Gasteiger partial charge on any atom is 0.0745 e. The number of thiophene rings is 1. The number of halogens is 1. The minimum absolute atomic E-state index is 0.228. The van der Waals surface area contributed by atoms with Crippen LogP contribution in [0.4, 0.5) is 0 Å². The molecule has 2 heterocycles. The predicted molar refractivity (Wildman–Crippen MR) is 70.4 cm³/mol. The normalized spacial score (nSPS) is 23.2. The molecule has 1 saturated heterocycles. The van der Waals surface area contributed by atoms with E-state index in [2.05, 4.69) is 33.5 Å². The molecule has 0 aliphatic carbocycles. The summed E-state index contributed by atoms with van der Waals surface area (Å²) in [4.78, 5) is 1.34. The third-order valence-corrected chi connectivity index (χ3v) is 4.57. The molecule has 0 radical (unpaired) electrons. The smallest absolute Gasteiger partial charge is 0.0745 e. The Labute approximate surface area is 108 Å². The summed E-state index contributed by atoms with van der Waals surface area (Å²) in [6.45, 7) is 0.872. The minimum Gasteiger partial charge on any atom is -0.377 e. The highest BCUT2D eigenvalue weighted by atomic mass is 79.9. The Hall–Kier alpha value is 0.0600. The SMILES string of the molecule is NNC(Cc1ccc(Br)s1)C1CCCCO1.